The number of anilines is 2. The number of benzene rings is 2. The van der Waals surface area contributed by atoms with E-state index in [9.17, 15) is 9.59 Å². The Morgan fingerprint density at radius 2 is 1.88 bits per heavy atom. The molecule has 5 nitrogen and oxygen atoms in total. The molecule has 0 radical (unpaired) electrons. The molecular formula is C19H20N2O3. The Bertz CT molecular complexity index is 771. The van der Waals surface area contributed by atoms with E-state index in [0.717, 1.165) is 24.9 Å². The summed E-state index contributed by atoms with van der Waals surface area (Å²) in [6, 6.07) is 12.9. The van der Waals surface area contributed by atoms with E-state index in [4.69, 9.17) is 4.74 Å². The van der Waals surface area contributed by atoms with Crippen molar-refractivity contribution in [3.63, 3.8) is 0 Å². The van der Waals surface area contributed by atoms with Gasteiger partial charge in [-0.25, -0.2) is 4.79 Å². The number of hydrogen-bond donors (Lipinski definition) is 2. The van der Waals surface area contributed by atoms with Crippen LogP contribution in [0.1, 0.15) is 27.9 Å². The second-order valence-electron chi connectivity index (χ2n) is 5.76. The lowest BCUT2D eigenvalue weighted by molar-refractivity contribution is -0.119. The number of amides is 1. The van der Waals surface area contributed by atoms with Crippen molar-refractivity contribution in [3.05, 3.63) is 59.2 Å². The Hall–Kier alpha value is -2.82. The number of para-hydroxylation sites is 1. The van der Waals surface area contributed by atoms with Crippen LogP contribution in [0.15, 0.2) is 42.5 Å². The summed E-state index contributed by atoms with van der Waals surface area (Å²) in [7, 11) is 1.73. The highest BCUT2D eigenvalue weighted by molar-refractivity contribution is 5.98. The minimum Gasteiger partial charge on any atom is -0.452 e. The van der Waals surface area contributed by atoms with Crippen molar-refractivity contribution >= 4 is 23.3 Å². The standard InChI is InChI=1S/C19H20N2O3/c1-20-17-8-3-2-7-16(17)19(23)24-12-18(22)21-15-10-9-13-5-4-6-14(13)11-15/h2-3,7-11,20H,4-6,12H2,1H3,(H,21,22). The molecule has 2 aromatic carbocycles. The van der Waals surface area contributed by atoms with Crippen LogP contribution >= 0.6 is 0 Å². The minimum atomic E-state index is -0.524. The Morgan fingerprint density at radius 3 is 2.71 bits per heavy atom. The molecule has 0 heterocycles. The maximum absolute atomic E-state index is 12.1. The second kappa shape index (κ2) is 7.17. The van der Waals surface area contributed by atoms with Gasteiger partial charge >= 0.3 is 5.97 Å². The predicted molar refractivity (Wildman–Crippen MR) is 93.4 cm³/mol. The van der Waals surface area contributed by atoms with Crippen molar-refractivity contribution in [1.82, 2.24) is 0 Å². The zero-order chi connectivity index (χ0) is 16.9. The molecule has 3 rings (SSSR count). The smallest absolute Gasteiger partial charge is 0.340 e. The Kier molecular flexibility index (Phi) is 4.79. The average Bonchev–Trinajstić information content (AvgIpc) is 3.07. The molecule has 0 atom stereocenters. The van der Waals surface area contributed by atoms with E-state index in [1.54, 1.807) is 25.2 Å². The van der Waals surface area contributed by atoms with Gasteiger partial charge in [-0.3, -0.25) is 4.79 Å². The Morgan fingerprint density at radius 1 is 1.08 bits per heavy atom. The van der Waals surface area contributed by atoms with Crippen LogP contribution in [0.4, 0.5) is 11.4 Å². The van der Waals surface area contributed by atoms with Crippen molar-refractivity contribution in [1.29, 1.82) is 0 Å². The molecular weight excluding hydrogens is 304 g/mol. The first-order valence-electron chi connectivity index (χ1n) is 8.03. The highest BCUT2D eigenvalue weighted by Crippen LogP contribution is 2.24. The number of carbonyl (C=O) groups is 2. The van der Waals surface area contributed by atoms with Crippen molar-refractivity contribution < 1.29 is 14.3 Å². The number of ether oxygens (including phenoxy) is 1. The zero-order valence-electron chi connectivity index (χ0n) is 13.6. The fourth-order valence-electron chi connectivity index (χ4n) is 2.93. The number of aryl methyl sites for hydroxylation is 2. The van der Waals surface area contributed by atoms with Crippen LogP contribution in [-0.4, -0.2) is 25.5 Å². The Labute approximate surface area is 141 Å². The lowest BCUT2D eigenvalue weighted by Gasteiger charge is -2.10. The van der Waals surface area contributed by atoms with Gasteiger partial charge in [-0.1, -0.05) is 18.2 Å². The van der Waals surface area contributed by atoms with Crippen LogP contribution in [0.3, 0.4) is 0 Å². The summed E-state index contributed by atoms with van der Waals surface area (Å²) in [5.74, 6) is -0.868. The number of rotatable bonds is 5. The highest BCUT2D eigenvalue weighted by atomic mass is 16.5. The van der Waals surface area contributed by atoms with E-state index < -0.39 is 5.97 Å². The first kappa shape index (κ1) is 16.1. The van der Waals surface area contributed by atoms with Gasteiger partial charge in [0.05, 0.1) is 5.56 Å². The summed E-state index contributed by atoms with van der Waals surface area (Å²) >= 11 is 0. The second-order valence-corrected chi connectivity index (χ2v) is 5.76. The molecule has 124 valence electrons. The van der Waals surface area contributed by atoms with Gasteiger partial charge in [0, 0.05) is 18.4 Å². The maximum Gasteiger partial charge on any atom is 0.340 e. The number of nitrogens with one attached hydrogen (secondary N) is 2. The molecule has 1 aliphatic carbocycles. The number of fused-ring (bicyclic) bond motifs is 1. The van der Waals surface area contributed by atoms with Crippen molar-refractivity contribution in [2.45, 2.75) is 19.3 Å². The molecule has 0 bridgehead atoms. The molecule has 0 fully saturated rings. The summed E-state index contributed by atoms with van der Waals surface area (Å²) in [4.78, 5) is 24.1. The van der Waals surface area contributed by atoms with Gasteiger partial charge < -0.3 is 15.4 Å². The van der Waals surface area contributed by atoms with E-state index in [2.05, 4.69) is 10.6 Å². The SMILES string of the molecule is CNc1ccccc1C(=O)OCC(=O)Nc1ccc2c(c1)CCC2. The van der Waals surface area contributed by atoms with Crippen LogP contribution in [0, 0.1) is 0 Å². The van der Waals surface area contributed by atoms with Crippen LogP contribution < -0.4 is 10.6 Å². The van der Waals surface area contributed by atoms with Gasteiger partial charge in [-0.15, -0.1) is 0 Å². The quantitative estimate of drug-likeness (QED) is 0.830. The van der Waals surface area contributed by atoms with Crippen LogP contribution in [0.2, 0.25) is 0 Å². The third kappa shape index (κ3) is 3.56. The molecule has 0 saturated carbocycles. The third-order valence-electron chi connectivity index (χ3n) is 4.13. The molecule has 0 unspecified atom stereocenters. The van der Waals surface area contributed by atoms with Crippen molar-refractivity contribution in [2.75, 3.05) is 24.3 Å². The molecule has 5 heteroatoms. The van der Waals surface area contributed by atoms with E-state index in [1.165, 1.54) is 11.1 Å². The maximum atomic E-state index is 12.1. The molecule has 0 aliphatic heterocycles. The highest BCUT2D eigenvalue weighted by Gasteiger charge is 2.15. The topological polar surface area (TPSA) is 67.4 Å². The first-order valence-corrected chi connectivity index (χ1v) is 8.03. The molecule has 2 N–H and O–H groups in total. The van der Waals surface area contributed by atoms with Gasteiger partial charge in [-0.2, -0.15) is 0 Å². The van der Waals surface area contributed by atoms with Gasteiger partial charge in [0.1, 0.15) is 0 Å². The average molecular weight is 324 g/mol. The van der Waals surface area contributed by atoms with Crippen LogP contribution in [0.25, 0.3) is 0 Å². The third-order valence-corrected chi connectivity index (χ3v) is 4.13. The minimum absolute atomic E-state index is 0.312. The van der Waals surface area contributed by atoms with Gasteiger partial charge in [0.2, 0.25) is 0 Å². The van der Waals surface area contributed by atoms with Gasteiger partial charge in [-0.05, 0) is 54.7 Å². The van der Waals surface area contributed by atoms with Gasteiger partial charge in [0.25, 0.3) is 5.91 Å². The van der Waals surface area contributed by atoms with Crippen LogP contribution in [-0.2, 0) is 22.4 Å². The number of carbonyl (C=O) groups excluding carboxylic acids is 2. The Balaban J connectivity index is 1.56. The van der Waals surface area contributed by atoms with Crippen LogP contribution in [0.5, 0.6) is 0 Å². The normalized spacial score (nSPS) is 12.4. The molecule has 0 spiro atoms. The summed E-state index contributed by atoms with van der Waals surface area (Å²) < 4.78 is 5.11. The summed E-state index contributed by atoms with van der Waals surface area (Å²) in [5, 5.41) is 5.70. The monoisotopic (exact) mass is 324 g/mol. The van der Waals surface area contributed by atoms with Crippen molar-refractivity contribution in [3.8, 4) is 0 Å². The number of esters is 1. The number of hydrogen-bond acceptors (Lipinski definition) is 4. The predicted octanol–water partition coefficient (Wildman–Crippen LogP) is 3.01. The molecule has 1 amide bonds. The molecule has 0 aromatic heterocycles. The molecule has 0 saturated heterocycles. The molecule has 24 heavy (non-hydrogen) atoms. The fourth-order valence-corrected chi connectivity index (χ4v) is 2.93. The van der Waals surface area contributed by atoms with Crippen molar-refractivity contribution in [2.24, 2.45) is 0 Å². The summed E-state index contributed by atoms with van der Waals surface area (Å²) in [5.41, 5.74) is 4.45. The summed E-state index contributed by atoms with van der Waals surface area (Å²) in [6.45, 7) is -0.312. The van der Waals surface area contributed by atoms with E-state index in [-0.39, 0.29) is 12.5 Å². The fraction of sp³-hybridized carbons (Fsp3) is 0.263. The molecule has 1 aliphatic rings. The lowest BCUT2D eigenvalue weighted by atomic mass is 10.1. The largest absolute Gasteiger partial charge is 0.452 e. The zero-order valence-corrected chi connectivity index (χ0v) is 13.6. The van der Waals surface area contributed by atoms with Gasteiger partial charge in [0.15, 0.2) is 6.61 Å². The summed E-state index contributed by atoms with van der Waals surface area (Å²) in [6.07, 6.45) is 3.32. The van der Waals surface area contributed by atoms with E-state index in [0.29, 0.717) is 11.3 Å². The lowest BCUT2D eigenvalue weighted by Crippen LogP contribution is -2.21. The van der Waals surface area contributed by atoms with E-state index in [1.807, 2.05) is 24.3 Å². The molecule has 2 aromatic rings. The van der Waals surface area contributed by atoms with E-state index >= 15 is 0 Å². The first-order chi connectivity index (χ1) is 11.7.